The molecule has 0 radical (unpaired) electrons. The van der Waals surface area contributed by atoms with Crippen LogP contribution in [0.25, 0.3) is 0 Å². The zero-order chi connectivity index (χ0) is 12.3. The minimum absolute atomic E-state index is 0.170. The third kappa shape index (κ3) is 2.69. The fourth-order valence-electron chi connectivity index (χ4n) is 2.54. The van der Waals surface area contributed by atoms with Gasteiger partial charge in [-0.3, -0.25) is 0 Å². The Morgan fingerprint density at radius 3 is 3.12 bits per heavy atom. The van der Waals surface area contributed by atoms with Crippen LogP contribution >= 0.6 is 0 Å². The van der Waals surface area contributed by atoms with Crippen molar-refractivity contribution in [3.8, 4) is 0 Å². The third-order valence-electron chi connectivity index (χ3n) is 3.47. The maximum atomic E-state index is 9.96. The molecule has 1 aliphatic heterocycles. The average Bonchev–Trinajstić information content (AvgIpc) is 2.33. The largest absolute Gasteiger partial charge is 0.396 e. The van der Waals surface area contributed by atoms with Crippen molar-refractivity contribution in [3.05, 3.63) is 18.3 Å². The number of hydrogen-bond donors (Lipinski definition) is 2. The highest BCUT2D eigenvalue weighted by Gasteiger charge is 2.28. The van der Waals surface area contributed by atoms with Crippen LogP contribution in [0.5, 0.6) is 0 Å². The summed E-state index contributed by atoms with van der Waals surface area (Å²) >= 11 is 0. The van der Waals surface area contributed by atoms with Gasteiger partial charge in [-0.05, 0) is 25.0 Å². The van der Waals surface area contributed by atoms with Gasteiger partial charge in [0, 0.05) is 25.2 Å². The molecule has 2 heterocycles. The Kier molecular flexibility index (Phi) is 3.84. The van der Waals surface area contributed by atoms with Crippen LogP contribution in [0.4, 0.5) is 11.5 Å². The summed E-state index contributed by atoms with van der Waals surface area (Å²) in [6.07, 6.45) is 4.57. The lowest BCUT2D eigenvalue weighted by Gasteiger charge is -2.37. The molecule has 0 aromatic carbocycles. The summed E-state index contributed by atoms with van der Waals surface area (Å²) < 4.78 is 0. The molecule has 17 heavy (non-hydrogen) atoms. The Hall–Kier alpha value is -1.29. The Morgan fingerprint density at radius 2 is 2.41 bits per heavy atom. The molecule has 4 heteroatoms. The number of pyridine rings is 1. The second-order valence-electron chi connectivity index (χ2n) is 4.77. The molecule has 3 N–H and O–H groups in total. The third-order valence-corrected chi connectivity index (χ3v) is 3.47. The first-order valence-electron chi connectivity index (χ1n) is 6.36. The number of rotatable bonds is 3. The van der Waals surface area contributed by atoms with Crippen LogP contribution in [0.3, 0.4) is 0 Å². The van der Waals surface area contributed by atoms with Crippen molar-refractivity contribution >= 4 is 11.5 Å². The lowest BCUT2D eigenvalue weighted by Crippen LogP contribution is -2.43. The average molecular weight is 235 g/mol. The fourth-order valence-corrected chi connectivity index (χ4v) is 2.54. The highest BCUT2D eigenvalue weighted by atomic mass is 16.3. The molecular weight excluding hydrogens is 214 g/mol. The number of nitrogens with zero attached hydrogens (tertiary/aromatic N) is 2. The first-order valence-corrected chi connectivity index (χ1v) is 6.36. The summed E-state index contributed by atoms with van der Waals surface area (Å²) in [6.45, 7) is 3.85. The number of nitrogen functional groups attached to an aromatic ring is 1. The van der Waals surface area contributed by atoms with Gasteiger partial charge >= 0.3 is 0 Å². The van der Waals surface area contributed by atoms with Gasteiger partial charge in [-0.15, -0.1) is 0 Å². The first kappa shape index (κ1) is 12.2. The van der Waals surface area contributed by atoms with Crippen LogP contribution in [-0.4, -0.2) is 29.3 Å². The summed E-state index contributed by atoms with van der Waals surface area (Å²) in [4.78, 5) is 6.54. The molecule has 4 nitrogen and oxygen atoms in total. The quantitative estimate of drug-likeness (QED) is 0.836. The van der Waals surface area contributed by atoms with E-state index < -0.39 is 0 Å². The van der Waals surface area contributed by atoms with Gasteiger partial charge in [0.2, 0.25) is 0 Å². The number of piperidine rings is 1. The number of aliphatic hydroxyl groups excluding tert-OH is 1. The van der Waals surface area contributed by atoms with Gasteiger partial charge in [0.05, 0.1) is 11.8 Å². The Balaban J connectivity index is 2.10. The lowest BCUT2D eigenvalue weighted by molar-refractivity contribution is 0.0828. The minimum atomic E-state index is -0.170. The molecule has 1 aliphatic rings. The SMILES string of the molecule is CCC[C@@H]1CN(c2ncccc2N)CC[C@@H]1O. The molecule has 1 aromatic rings. The molecule has 1 aromatic heterocycles. The molecule has 0 saturated carbocycles. The van der Waals surface area contributed by atoms with Gasteiger partial charge < -0.3 is 15.7 Å². The number of aromatic nitrogens is 1. The molecular formula is C13H21N3O. The van der Waals surface area contributed by atoms with E-state index in [9.17, 15) is 5.11 Å². The summed E-state index contributed by atoms with van der Waals surface area (Å²) in [6, 6.07) is 3.73. The van der Waals surface area contributed by atoms with E-state index in [1.165, 1.54) is 0 Å². The van der Waals surface area contributed by atoms with Crippen molar-refractivity contribution in [2.45, 2.75) is 32.3 Å². The Bertz CT molecular complexity index is 369. The van der Waals surface area contributed by atoms with E-state index in [-0.39, 0.29) is 6.10 Å². The lowest BCUT2D eigenvalue weighted by atomic mass is 9.91. The van der Waals surface area contributed by atoms with Crippen LogP contribution < -0.4 is 10.6 Å². The van der Waals surface area contributed by atoms with E-state index in [4.69, 9.17) is 5.73 Å². The standard InChI is InChI=1S/C13H21N3O/c1-2-4-10-9-16(8-6-12(10)17)13-11(14)5-3-7-15-13/h3,5,7,10,12,17H,2,4,6,8-9,14H2,1H3/t10-,12+/m1/s1. The maximum absolute atomic E-state index is 9.96. The highest BCUT2D eigenvalue weighted by Crippen LogP contribution is 2.27. The summed E-state index contributed by atoms with van der Waals surface area (Å²) in [5, 5.41) is 9.96. The molecule has 0 amide bonds. The van der Waals surface area contributed by atoms with E-state index >= 15 is 0 Å². The van der Waals surface area contributed by atoms with Crippen LogP contribution in [0, 0.1) is 5.92 Å². The number of anilines is 2. The van der Waals surface area contributed by atoms with Crippen LogP contribution in [0.1, 0.15) is 26.2 Å². The molecule has 0 unspecified atom stereocenters. The number of aliphatic hydroxyl groups is 1. The van der Waals surface area contributed by atoms with Gasteiger partial charge in [-0.25, -0.2) is 4.98 Å². The van der Waals surface area contributed by atoms with Crippen molar-refractivity contribution in [3.63, 3.8) is 0 Å². The second kappa shape index (κ2) is 5.36. The molecule has 0 spiro atoms. The maximum Gasteiger partial charge on any atom is 0.151 e. The van der Waals surface area contributed by atoms with Crippen LogP contribution in [0.15, 0.2) is 18.3 Å². The fraction of sp³-hybridized carbons (Fsp3) is 0.615. The first-order chi connectivity index (χ1) is 8.22. The van der Waals surface area contributed by atoms with Gasteiger partial charge in [-0.2, -0.15) is 0 Å². The van der Waals surface area contributed by atoms with Crippen molar-refractivity contribution in [2.75, 3.05) is 23.7 Å². The normalized spacial score (nSPS) is 24.9. The highest BCUT2D eigenvalue weighted by molar-refractivity contribution is 5.62. The predicted octanol–water partition coefficient (Wildman–Crippen LogP) is 1.65. The smallest absolute Gasteiger partial charge is 0.151 e. The van der Waals surface area contributed by atoms with Crippen molar-refractivity contribution in [2.24, 2.45) is 5.92 Å². The van der Waals surface area contributed by atoms with E-state index in [0.717, 1.165) is 43.9 Å². The van der Waals surface area contributed by atoms with Crippen LogP contribution in [-0.2, 0) is 0 Å². The van der Waals surface area contributed by atoms with Gasteiger partial charge in [0.1, 0.15) is 0 Å². The van der Waals surface area contributed by atoms with Gasteiger partial charge in [0.15, 0.2) is 5.82 Å². The molecule has 1 fully saturated rings. The van der Waals surface area contributed by atoms with Crippen molar-refractivity contribution in [1.82, 2.24) is 4.98 Å². The van der Waals surface area contributed by atoms with Gasteiger partial charge in [-0.1, -0.05) is 13.3 Å². The topological polar surface area (TPSA) is 62.4 Å². The molecule has 2 atom stereocenters. The minimum Gasteiger partial charge on any atom is -0.396 e. The van der Waals surface area contributed by atoms with Gasteiger partial charge in [0.25, 0.3) is 0 Å². The molecule has 0 bridgehead atoms. The zero-order valence-electron chi connectivity index (χ0n) is 10.3. The summed E-state index contributed by atoms with van der Waals surface area (Å²) in [5.41, 5.74) is 6.66. The van der Waals surface area contributed by atoms with E-state index in [1.54, 1.807) is 6.20 Å². The van der Waals surface area contributed by atoms with Crippen molar-refractivity contribution < 1.29 is 5.11 Å². The second-order valence-corrected chi connectivity index (χ2v) is 4.77. The predicted molar refractivity (Wildman–Crippen MR) is 69.9 cm³/mol. The summed E-state index contributed by atoms with van der Waals surface area (Å²) in [5.74, 6) is 1.20. The Morgan fingerprint density at radius 1 is 1.59 bits per heavy atom. The van der Waals surface area contributed by atoms with E-state index in [0.29, 0.717) is 5.92 Å². The molecule has 94 valence electrons. The van der Waals surface area contributed by atoms with Crippen molar-refractivity contribution in [1.29, 1.82) is 0 Å². The molecule has 2 rings (SSSR count). The number of nitrogens with two attached hydrogens (primary N) is 1. The zero-order valence-corrected chi connectivity index (χ0v) is 10.3. The molecule has 1 saturated heterocycles. The molecule has 0 aliphatic carbocycles. The van der Waals surface area contributed by atoms with E-state index in [2.05, 4.69) is 16.8 Å². The summed E-state index contributed by atoms with van der Waals surface area (Å²) in [7, 11) is 0. The monoisotopic (exact) mass is 235 g/mol. The Labute approximate surface area is 102 Å². The van der Waals surface area contributed by atoms with E-state index in [1.807, 2.05) is 12.1 Å². The van der Waals surface area contributed by atoms with Crippen LogP contribution in [0.2, 0.25) is 0 Å². The number of hydrogen-bond acceptors (Lipinski definition) is 4.